The number of rotatable bonds is 6. The molecule has 1 saturated carbocycles. The molecule has 4 rings (SSSR count). The van der Waals surface area contributed by atoms with Gasteiger partial charge in [-0.3, -0.25) is 15.2 Å². The molecule has 1 unspecified atom stereocenters. The molecular weight excluding hydrogens is 452 g/mol. The molecule has 2 aliphatic rings. The van der Waals surface area contributed by atoms with Gasteiger partial charge in [0, 0.05) is 36.3 Å². The van der Waals surface area contributed by atoms with Gasteiger partial charge in [-0.1, -0.05) is 5.92 Å². The highest BCUT2D eigenvalue weighted by Gasteiger charge is 2.41. The highest BCUT2D eigenvalue weighted by molar-refractivity contribution is 8.26. The van der Waals surface area contributed by atoms with Crippen LogP contribution in [0.3, 0.4) is 0 Å². The fourth-order valence-corrected chi connectivity index (χ4v) is 5.27. The quantitative estimate of drug-likeness (QED) is 0.220. The van der Waals surface area contributed by atoms with Crippen molar-refractivity contribution in [2.75, 3.05) is 18.0 Å². The number of anilines is 1. The number of hydrogen-bond acceptors (Lipinski definition) is 8. The number of hydrogen-bond donors (Lipinski definition) is 4. The maximum absolute atomic E-state index is 12.8. The Labute approximate surface area is 194 Å². The maximum Gasteiger partial charge on any atom is 0.285 e. The van der Waals surface area contributed by atoms with Gasteiger partial charge in [0.1, 0.15) is 10.1 Å². The fourth-order valence-electron chi connectivity index (χ4n) is 3.81. The summed E-state index contributed by atoms with van der Waals surface area (Å²) < 4.78 is 30.8. The van der Waals surface area contributed by atoms with Gasteiger partial charge < -0.3 is 10.2 Å². The maximum atomic E-state index is 12.8. The molecule has 0 aromatic carbocycles. The van der Waals surface area contributed by atoms with E-state index in [1.54, 1.807) is 10.6 Å². The van der Waals surface area contributed by atoms with Crippen molar-refractivity contribution in [3.05, 3.63) is 24.3 Å². The monoisotopic (exact) mass is 477 g/mol. The van der Waals surface area contributed by atoms with Crippen molar-refractivity contribution in [1.82, 2.24) is 19.4 Å². The predicted molar refractivity (Wildman–Crippen MR) is 127 cm³/mol. The van der Waals surface area contributed by atoms with Gasteiger partial charge in [0.15, 0.2) is 5.82 Å². The zero-order valence-corrected chi connectivity index (χ0v) is 19.4. The third-order valence-corrected chi connectivity index (χ3v) is 7.23. The van der Waals surface area contributed by atoms with Crippen molar-refractivity contribution >= 4 is 45.0 Å². The van der Waals surface area contributed by atoms with E-state index in [0.29, 0.717) is 23.8 Å². The van der Waals surface area contributed by atoms with E-state index in [4.69, 9.17) is 17.2 Å². The summed E-state index contributed by atoms with van der Waals surface area (Å²) in [5, 5.41) is 18.2. The van der Waals surface area contributed by atoms with Gasteiger partial charge in [0.25, 0.3) is 6.43 Å². The lowest BCUT2D eigenvalue weighted by molar-refractivity contribution is 0.228. The zero-order valence-electron chi connectivity index (χ0n) is 17.8. The minimum atomic E-state index is -2.92. The van der Waals surface area contributed by atoms with E-state index in [0.717, 1.165) is 42.0 Å². The molecule has 32 heavy (non-hydrogen) atoms. The van der Waals surface area contributed by atoms with Crippen LogP contribution < -0.4 is 14.9 Å². The molecule has 2 fully saturated rings. The Morgan fingerprint density at radius 2 is 2.03 bits per heavy atom. The number of terminal acetylenes is 1. The molecule has 0 spiro atoms. The Hall–Kier alpha value is -2.13. The first-order valence-electron chi connectivity index (χ1n) is 10.3. The van der Waals surface area contributed by atoms with E-state index in [9.17, 15) is 8.78 Å². The summed E-state index contributed by atoms with van der Waals surface area (Å²) in [6.45, 7) is 5.87. The van der Waals surface area contributed by atoms with Gasteiger partial charge in [-0.2, -0.15) is 0 Å². The Balaban J connectivity index is 1.72. The lowest BCUT2D eigenvalue weighted by atomic mass is 10.1. The van der Waals surface area contributed by atoms with E-state index in [2.05, 4.69) is 45.8 Å². The van der Waals surface area contributed by atoms with Crippen LogP contribution in [-0.2, 0) is 0 Å². The molecule has 1 saturated heterocycles. The van der Waals surface area contributed by atoms with Crippen molar-refractivity contribution in [3.63, 3.8) is 0 Å². The van der Waals surface area contributed by atoms with E-state index in [-0.39, 0.29) is 16.4 Å². The number of imidazole rings is 1. The number of thioether (sulfide) groups is 1. The predicted octanol–water partition coefficient (Wildman–Crippen LogP) is 3.58. The van der Waals surface area contributed by atoms with Crippen LogP contribution >= 0.6 is 23.7 Å². The molecule has 4 N–H and O–H groups in total. The largest absolute Gasteiger partial charge is 0.367 e. The molecule has 2 aromatic heterocycles. The van der Waals surface area contributed by atoms with Crippen LogP contribution in [0.25, 0.3) is 5.52 Å². The number of pyridine rings is 1. The van der Waals surface area contributed by atoms with Crippen LogP contribution in [0.1, 0.15) is 32.5 Å². The first-order valence-corrected chi connectivity index (χ1v) is 11.9. The molecule has 1 aliphatic carbocycles. The summed E-state index contributed by atoms with van der Waals surface area (Å²) in [6.07, 6.45) is 8.07. The molecule has 7 nitrogen and oxygen atoms in total. The van der Waals surface area contributed by atoms with Gasteiger partial charge in [-0.05, 0) is 56.5 Å². The average molecular weight is 478 g/mol. The van der Waals surface area contributed by atoms with Crippen molar-refractivity contribution in [2.24, 2.45) is 0 Å². The number of fused-ring (bicyclic) bond motifs is 1. The molecule has 170 valence electrons. The van der Waals surface area contributed by atoms with Crippen LogP contribution in [0, 0.1) is 23.2 Å². The number of aromatic nitrogens is 2. The number of nitrogens with one attached hydrogen (secondary N) is 4. The second-order valence-electron chi connectivity index (χ2n) is 8.30. The molecule has 0 bridgehead atoms. The summed E-state index contributed by atoms with van der Waals surface area (Å²) in [6, 6.07) is 2.67. The normalized spacial score (nSPS) is 22.2. The van der Waals surface area contributed by atoms with Crippen LogP contribution in [0.2, 0.25) is 0 Å². The molecule has 11 heteroatoms. The smallest absolute Gasteiger partial charge is 0.285 e. The summed E-state index contributed by atoms with van der Waals surface area (Å²) in [5.41, 5.74) is 1.46. The minimum Gasteiger partial charge on any atom is -0.367 e. The molecule has 0 radical (unpaired) electrons. The van der Waals surface area contributed by atoms with Gasteiger partial charge >= 0.3 is 0 Å². The molecule has 0 amide bonds. The number of halogens is 2. The highest BCUT2D eigenvalue weighted by atomic mass is 32.2. The third-order valence-electron chi connectivity index (χ3n) is 5.50. The Kier molecular flexibility index (Phi) is 6.49. The van der Waals surface area contributed by atoms with E-state index >= 15 is 0 Å². The van der Waals surface area contributed by atoms with E-state index in [1.807, 2.05) is 6.20 Å². The van der Waals surface area contributed by atoms with Crippen molar-refractivity contribution in [2.45, 2.75) is 55.6 Å². The molecule has 2 aromatic rings. The van der Waals surface area contributed by atoms with Crippen molar-refractivity contribution in [1.29, 1.82) is 10.8 Å². The zero-order chi connectivity index (χ0) is 23.0. The first kappa shape index (κ1) is 23.0. The number of nitrogens with zero attached hydrogens (tertiary/aromatic N) is 3. The molecule has 3 heterocycles. The molecular formula is C21H25F2N7S2. The highest BCUT2D eigenvalue weighted by Crippen LogP contribution is 2.38. The summed E-state index contributed by atoms with van der Waals surface area (Å²) in [7, 11) is 0. The average Bonchev–Trinajstić information content (AvgIpc) is 3.40. The van der Waals surface area contributed by atoms with Crippen LogP contribution in [0.15, 0.2) is 23.4 Å². The number of piperazine rings is 1. The lowest BCUT2D eigenvalue weighted by Crippen LogP contribution is -2.54. The van der Waals surface area contributed by atoms with Gasteiger partial charge in [0.05, 0.1) is 22.9 Å². The van der Waals surface area contributed by atoms with Crippen molar-refractivity contribution < 1.29 is 8.78 Å². The fraction of sp³-hybridized carbons (Fsp3) is 0.476. The van der Waals surface area contributed by atoms with Crippen molar-refractivity contribution in [3.8, 4) is 12.3 Å². The Morgan fingerprint density at radius 3 is 2.62 bits per heavy atom. The van der Waals surface area contributed by atoms with Crippen LogP contribution in [-0.4, -0.2) is 56.6 Å². The van der Waals surface area contributed by atoms with E-state index < -0.39 is 11.5 Å². The first-order chi connectivity index (χ1) is 15.2. The summed E-state index contributed by atoms with van der Waals surface area (Å²) in [4.78, 5) is 7.52. The summed E-state index contributed by atoms with van der Waals surface area (Å²) in [5.74, 6) is 3.03. The topological polar surface area (TPSA) is 92.3 Å². The molecule has 1 aliphatic heterocycles. The van der Waals surface area contributed by atoms with Gasteiger partial charge in [0.2, 0.25) is 0 Å². The third kappa shape index (κ3) is 4.78. The standard InChI is InChI=1S/C21H25F2N7S2/c1-4-21(5-6-21)28-32-14-7-15(29-9-12(2)27-13(3)10-29)16-8-26-20(30(16)11-14)19(25)31-18(24)17(22)23/h1,7-8,11-13,17,24-25,27-28H,5-6,9-10H2,2-3H3/t12-,13?/m0/s1. The minimum absolute atomic E-state index is 0.194. The van der Waals surface area contributed by atoms with E-state index in [1.165, 1.54) is 11.9 Å². The van der Waals surface area contributed by atoms with Gasteiger partial charge in [-0.15, -0.1) is 6.42 Å². The Morgan fingerprint density at radius 1 is 1.34 bits per heavy atom. The van der Waals surface area contributed by atoms with Crippen LogP contribution in [0.4, 0.5) is 14.5 Å². The lowest BCUT2D eigenvalue weighted by Gasteiger charge is -2.38. The second kappa shape index (κ2) is 9.02. The number of alkyl halides is 2. The van der Waals surface area contributed by atoms with Gasteiger partial charge in [-0.25, -0.2) is 18.5 Å². The SMILES string of the molecule is C#CC1(NSc2cc(N3CC(C)N[C@@H](C)C3)c3cnc(C(=N)SC(=N)C(F)F)n3c2)CC1. The molecule has 2 atom stereocenters. The Bertz CT molecular complexity index is 1080. The summed E-state index contributed by atoms with van der Waals surface area (Å²) >= 11 is 1.85. The van der Waals surface area contributed by atoms with Crippen LogP contribution in [0.5, 0.6) is 0 Å². The second-order valence-corrected chi connectivity index (χ2v) is 10.2.